The summed E-state index contributed by atoms with van der Waals surface area (Å²) >= 11 is 0. The second-order valence-corrected chi connectivity index (χ2v) is 2.30. The Hall–Kier alpha value is -0.180. The molecule has 1 nitrogen and oxygen atoms in total. The van der Waals surface area contributed by atoms with E-state index in [-0.39, 0.29) is 6.54 Å². The van der Waals surface area contributed by atoms with Gasteiger partial charge in [0.15, 0.2) is 0 Å². The summed E-state index contributed by atoms with van der Waals surface area (Å²) in [7, 11) is 0. The SMILES string of the molecule is CCCCCNCC(F)F. The van der Waals surface area contributed by atoms with Crippen molar-refractivity contribution in [2.24, 2.45) is 0 Å². The summed E-state index contributed by atoms with van der Waals surface area (Å²) in [6.45, 7) is 2.65. The number of alkyl halides is 2. The van der Waals surface area contributed by atoms with Gasteiger partial charge in [0.1, 0.15) is 0 Å². The summed E-state index contributed by atoms with van der Waals surface area (Å²) in [5, 5.41) is 2.67. The number of hydrogen-bond donors (Lipinski definition) is 1. The molecule has 0 aliphatic rings. The summed E-state index contributed by atoms with van der Waals surface area (Å²) in [6.07, 6.45) is 1.05. The highest BCUT2D eigenvalue weighted by Gasteiger charge is 1.98. The van der Waals surface area contributed by atoms with E-state index in [1.165, 1.54) is 0 Å². The van der Waals surface area contributed by atoms with E-state index in [4.69, 9.17) is 0 Å². The first kappa shape index (κ1) is 9.82. The predicted octanol–water partition coefficient (Wildman–Crippen LogP) is 2.03. The quantitative estimate of drug-likeness (QED) is 0.573. The Morgan fingerprint density at radius 2 is 2.00 bits per heavy atom. The minimum Gasteiger partial charge on any atom is -0.311 e. The van der Waals surface area contributed by atoms with E-state index < -0.39 is 6.43 Å². The van der Waals surface area contributed by atoms with Crippen LogP contribution in [-0.2, 0) is 0 Å². The molecular formula is C7H15F2N. The van der Waals surface area contributed by atoms with Crippen LogP contribution >= 0.6 is 0 Å². The molecule has 1 N–H and O–H groups in total. The predicted molar refractivity (Wildman–Crippen MR) is 38.4 cm³/mol. The molecule has 0 aromatic rings. The normalized spacial score (nSPS) is 10.8. The lowest BCUT2D eigenvalue weighted by Gasteiger charge is -2.01. The van der Waals surface area contributed by atoms with E-state index >= 15 is 0 Å². The van der Waals surface area contributed by atoms with Crippen LogP contribution < -0.4 is 5.32 Å². The van der Waals surface area contributed by atoms with E-state index in [0.29, 0.717) is 0 Å². The Labute approximate surface area is 60.8 Å². The first-order valence-electron chi connectivity index (χ1n) is 3.76. The van der Waals surface area contributed by atoms with Crippen LogP contribution in [-0.4, -0.2) is 19.5 Å². The molecule has 0 aliphatic carbocycles. The van der Waals surface area contributed by atoms with Crippen molar-refractivity contribution in [2.45, 2.75) is 32.6 Å². The van der Waals surface area contributed by atoms with Crippen LogP contribution in [0.5, 0.6) is 0 Å². The maximum atomic E-state index is 11.5. The molecule has 0 saturated carbocycles. The van der Waals surface area contributed by atoms with E-state index in [9.17, 15) is 8.78 Å². The summed E-state index contributed by atoms with van der Waals surface area (Å²) in [6, 6.07) is 0. The minimum absolute atomic E-state index is 0.163. The zero-order valence-electron chi connectivity index (χ0n) is 6.37. The Morgan fingerprint density at radius 3 is 2.50 bits per heavy atom. The molecule has 0 saturated heterocycles. The van der Waals surface area contributed by atoms with Gasteiger partial charge in [-0.2, -0.15) is 0 Å². The van der Waals surface area contributed by atoms with E-state index in [1.54, 1.807) is 0 Å². The highest BCUT2D eigenvalue weighted by Crippen LogP contribution is 1.92. The van der Waals surface area contributed by atoms with Gasteiger partial charge in [-0.05, 0) is 13.0 Å². The van der Waals surface area contributed by atoms with Crippen molar-refractivity contribution >= 4 is 0 Å². The molecule has 0 aromatic carbocycles. The summed E-state index contributed by atoms with van der Waals surface area (Å²) in [5.41, 5.74) is 0. The smallest absolute Gasteiger partial charge is 0.250 e. The zero-order chi connectivity index (χ0) is 7.82. The van der Waals surface area contributed by atoms with Crippen LogP contribution in [0.25, 0.3) is 0 Å². The van der Waals surface area contributed by atoms with Gasteiger partial charge in [-0.25, -0.2) is 8.78 Å². The van der Waals surface area contributed by atoms with E-state index in [0.717, 1.165) is 25.8 Å². The maximum Gasteiger partial charge on any atom is 0.250 e. The van der Waals surface area contributed by atoms with Crippen LogP contribution in [0.3, 0.4) is 0 Å². The largest absolute Gasteiger partial charge is 0.311 e. The fourth-order valence-corrected chi connectivity index (χ4v) is 0.711. The van der Waals surface area contributed by atoms with Crippen molar-refractivity contribution in [1.82, 2.24) is 5.32 Å². The third-order valence-electron chi connectivity index (χ3n) is 1.26. The molecule has 0 spiro atoms. The lowest BCUT2D eigenvalue weighted by molar-refractivity contribution is 0.146. The van der Waals surface area contributed by atoms with Crippen molar-refractivity contribution in [3.63, 3.8) is 0 Å². The van der Waals surface area contributed by atoms with Crippen molar-refractivity contribution in [3.8, 4) is 0 Å². The fourth-order valence-electron chi connectivity index (χ4n) is 0.711. The highest BCUT2D eigenvalue weighted by atomic mass is 19.3. The van der Waals surface area contributed by atoms with Crippen LogP contribution in [0.2, 0.25) is 0 Å². The Morgan fingerprint density at radius 1 is 1.30 bits per heavy atom. The number of nitrogens with one attached hydrogen (secondary N) is 1. The molecule has 62 valence electrons. The molecular weight excluding hydrogens is 136 g/mol. The molecule has 0 aliphatic heterocycles. The lowest BCUT2D eigenvalue weighted by Crippen LogP contribution is -2.22. The van der Waals surface area contributed by atoms with Crippen LogP contribution in [0.4, 0.5) is 8.78 Å². The molecule has 10 heavy (non-hydrogen) atoms. The average molecular weight is 151 g/mol. The zero-order valence-corrected chi connectivity index (χ0v) is 6.37. The Bertz CT molecular complexity index is 66.6. The third kappa shape index (κ3) is 7.82. The molecule has 3 heteroatoms. The van der Waals surface area contributed by atoms with Gasteiger partial charge in [-0.3, -0.25) is 0 Å². The molecule has 0 unspecified atom stereocenters. The van der Waals surface area contributed by atoms with E-state index in [1.807, 2.05) is 0 Å². The average Bonchev–Trinajstić information content (AvgIpc) is 1.87. The van der Waals surface area contributed by atoms with Gasteiger partial charge in [0, 0.05) is 0 Å². The maximum absolute atomic E-state index is 11.5. The summed E-state index contributed by atoms with van der Waals surface area (Å²) < 4.78 is 23.0. The molecule has 0 heterocycles. The molecule has 0 atom stereocenters. The molecule has 0 rings (SSSR count). The standard InChI is InChI=1S/C7H15F2N/c1-2-3-4-5-10-6-7(8)9/h7,10H,2-6H2,1H3. The summed E-state index contributed by atoms with van der Waals surface area (Å²) in [4.78, 5) is 0. The van der Waals surface area contributed by atoms with Crippen molar-refractivity contribution in [3.05, 3.63) is 0 Å². The van der Waals surface area contributed by atoms with E-state index in [2.05, 4.69) is 12.2 Å². The lowest BCUT2D eigenvalue weighted by atomic mass is 10.2. The fraction of sp³-hybridized carbons (Fsp3) is 1.00. The van der Waals surface area contributed by atoms with Gasteiger partial charge in [0.2, 0.25) is 0 Å². The minimum atomic E-state index is -2.21. The number of hydrogen-bond acceptors (Lipinski definition) is 1. The van der Waals surface area contributed by atoms with Crippen molar-refractivity contribution in [1.29, 1.82) is 0 Å². The molecule has 0 fully saturated rings. The van der Waals surface area contributed by atoms with Crippen LogP contribution in [0.1, 0.15) is 26.2 Å². The Balaban J connectivity index is 2.77. The number of rotatable bonds is 6. The third-order valence-corrected chi connectivity index (χ3v) is 1.26. The number of halogens is 2. The monoisotopic (exact) mass is 151 g/mol. The topological polar surface area (TPSA) is 12.0 Å². The second kappa shape index (κ2) is 6.93. The molecule has 0 bridgehead atoms. The van der Waals surface area contributed by atoms with Gasteiger partial charge >= 0.3 is 0 Å². The van der Waals surface area contributed by atoms with Crippen molar-refractivity contribution < 1.29 is 8.78 Å². The second-order valence-electron chi connectivity index (χ2n) is 2.30. The first-order chi connectivity index (χ1) is 4.77. The van der Waals surface area contributed by atoms with Crippen molar-refractivity contribution in [2.75, 3.05) is 13.1 Å². The highest BCUT2D eigenvalue weighted by molar-refractivity contribution is 4.48. The molecule has 0 amide bonds. The molecule has 0 radical (unpaired) electrons. The van der Waals surface area contributed by atoms with Gasteiger partial charge < -0.3 is 5.32 Å². The van der Waals surface area contributed by atoms with Crippen LogP contribution in [0.15, 0.2) is 0 Å². The summed E-state index contributed by atoms with van der Waals surface area (Å²) in [5.74, 6) is 0. The molecule has 0 aromatic heterocycles. The van der Waals surface area contributed by atoms with Gasteiger partial charge in [0.25, 0.3) is 6.43 Å². The number of unbranched alkanes of at least 4 members (excludes halogenated alkanes) is 2. The van der Waals surface area contributed by atoms with Gasteiger partial charge in [0.05, 0.1) is 6.54 Å². The van der Waals surface area contributed by atoms with Gasteiger partial charge in [-0.1, -0.05) is 19.8 Å². The Kier molecular flexibility index (Phi) is 6.81. The van der Waals surface area contributed by atoms with Gasteiger partial charge in [-0.15, -0.1) is 0 Å². The van der Waals surface area contributed by atoms with Crippen LogP contribution in [0, 0.1) is 0 Å². The first-order valence-corrected chi connectivity index (χ1v) is 3.76.